The van der Waals surface area contributed by atoms with Crippen LogP contribution in [0.1, 0.15) is 23.3 Å². The third kappa shape index (κ3) is 2.95. The molecule has 0 saturated carbocycles. The second-order valence-electron chi connectivity index (χ2n) is 6.21. The van der Waals surface area contributed by atoms with E-state index < -0.39 is 0 Å². The molecular weight excluding hydrogens is 308 g/mol. The summed E-state index contributed by atoms with van der Waals surface area (Å²) in [5.41, 5.74) is 1.33. The first-order valence-corrected chi connectivity index (χ1v) is 9.05. The molecule has 5 nitrogen and oxygen atoms in total. The van der Waals surface area contributed by atoms with Crippen molar-refractivity contribution in [1.29, 1.82) is 0 Å². The molecule has 120 valence electrons. The molecule has 2 aliphatic heterocycles. The van der Waals surface area contributed by atoms with Gasteiger partial charge in [0.25, 0.3) is 0 Å². The highest BCUT2D eigenvalue weighted by atomic mass is 32.1. The van der Waals surface area contributed by atoms with Gasteiger partial charge in [0.05, 0.1) is 5.92 Å². The summed E-state index contributed by atoms with van der Waals surface area (Å²) < 4.78 is 0. The average Bonchev–Trinajstić information content (AvgIpc) is 3.09. The molecule has 4 heterocycles. The second kappa shape index (κ2) is 6.28. The maximum Gasteiger partial charge on any atom is 0.227 e. The molecule has 23 heavy (non-hydrogen) atoms. The van der Waals surface area contributed by atoms with Gasteiger partial charge in [-0.3, -0.25) is 4.79 Å². The normalized spacial score (nSPS) is 21.1. The fourth-order valence-electron chi connectivity index (χ4n) is 3.51. The van der Waals surface area contributed by atoms with E-state index >= 15 is 0 Å². The number of nitrogens with zero attached hydrogens (tertiary/aromatic N) is 4. The molecule has 2 aromatic heterocycles. The average molecular weight is 328 g/mol. The zero-order valence-corrected chi connectivity index (χ0v) is 13.8. The van der Waals surface area contributed by atoms with Gasteiger partial charge in [-0.2, -0.15) is 0 Å². The minimum atomic E-state index is 0.0627. The minimum Gasteiger partial charge on any atom is -0.340 e. The largest absolute Gasteiger partial charge is 0.340 e. The van der Waals surface area contributed by atoms with E-state index in [4.69, 9.17) is 0 Å². The Kier molecular flexibility index (Phi) is 3.99. The summed E-state index contributed by atoms with van der Waals surface area (Å²) in [7, 11) is 0. The fraction of sp³-hybridized carbons (Fsp3) is 0.471. The van der Waals surface area contributed by atoms with Gasteiger partial charge < -0.3 is 9.80 Å². The Bertz CT molecular complexity index is 687. The Morgan fingerprint density at radius 3 is 3.00 bits per heavy atom. The van der Waals surface area contributed by atoms with Crippen molar-refractivity contribution < 1.29 is 4.79 Å². The van der Waals surface area contributed by atoms with Gasteiger partial charge in [0.1, 0.15) is 0 Å². The van der Waals surface area contributed by atoms with Crippen LogP contribution in [-0.4, -0.2) is 40.4 Å². The summed E-state index contributed by atoms with van der Waals surface area (Å²) in [6.45, 7) is 3.29. The quantitative estimate of drug-likeness (QED) is 0.849. The number of carbonyl (C=O) groups is 1. The van der Waals surface area contributed by atoms with Gasteiger partial charge >= 0.3 is 0 Å². The summed E-state index contributed by atoms with van der Waals surface area (Å²) >= 11 is 1.81. The lowest BCUT2D eigenvalue weighted by Gasteiger charge is -2.36. The molecule has 2 aliphatic rings. The number of rotatable bonds is 2. The van der Waals surface area contributed by atoms with Crippen LogP contribution in [0.3, 0.4) is 0 Å². The van der Waals surface area contributed by atoms with E-state index in [0.29, 0.717) is 5.91 Å². The molecule has 0 unspecified atom stereocenters. The van der Waals surface area contributed by atoms with Gasteiger partial charge in [0.2, 0.25) is 11.9 Å². The SMILES string of the molecule is O=C([C@H]1CCCN(c2ncccn2)C1)N1CCc2sccc2C1. The minimum absolute atomic E-state index is 0.0627. The zero-order valence-electron chi connectivity index (χ0n) is 13.0. The van der Waals surface area contributed by atoms with Gasteiger partial charge in [0.15, 0.2) is 0 Å². The van der Waals surface area contributed by atoms with Crippen molar-refractivity contribution in [2.45, 2.75) is 25.8 Å². The van der Waals surface area contributed by atoms with E-state index in [1.807, 2.05) is 22.3 Å². The first kappa shape index (κ1) is 14.6. The fourth-order valence-corrected chi connectivity index (χ4v) is 4.40. The summed E-state index contributed by atoms with van der Waals surface area (Å²) in [4.78, 5) is 27.2. The number of aromatic nitrogens is 2. The van der Waals surface area contributed by atoms with Crippen molar-refractivity contribution in [2.75, 3.05) is 24.5 Å². The van der Waals surface area contributed by atoms with Crippen LogP contribution >= 0.6 is 11.3 Å². The maximum atomic E-state index is 12.9. The summed E-state index contributed by atoms with van der Waals surface area (Å²) in [5, 5.41) is 2.13. The molecular formula is C17H20N4OS. The first-order valence-electron chi connectivity index (χ1n) is 8.17. The van der Waals surface area contributed by atoms with E-state index in [-0.39, 0.29) is 5.92 Å². The zero-order chi connectivity index (χ0) is 15.6. The number of hydrogen-bond donors (Lipinski definition) is 0. The van der Waals surface area contributed by atoms with Gasteiger partial charge in [-0.1, -0.05) is 0 Å². The smallest absolute Gasteiger partial charge is 0.227 e. The predicted octanol–water partition coefficient (Wildman–Crippen LogP) is 2.34. The van der Waals surface area contributed by atoms with Crippen molar-refractivity contribution in [3.63, 3.8) is 0 Å². The molecule has 1 saturated heterocycles. The van der Waals surface area contributed by atoms with Crippen molar-refractivity contribution >= 4 is 23.2 Å². The van der Waals surface area contributed by atoms with Crippen LogP contribution < -0.4 is 4.90 Å². The Morgan fingerprint density at radius 2 is 2.13 bits per heavy atom. The van der Waals surface area contributed by atoms with Gasteiger partial charge in [0, 0.05) is 43.4 Å². The standard InChI is InChI=1S/C17H20N4OS/c22-16(20-9-4-15-13(11-20)5-10-23-15)14-3-1-8-21(12-14)17-18-6-2-7-19-17/h2,5-7,10,14H,1,3-4,8-9,11-12H2/t14-/m0/s1. The van der Waals surface area contributed by atoms with Crippen LogP contribution in [0.5, 0.6) is 0 Å². The molecule has 0 spiro atoms. The number of thiophene rings is 1. The summed E-state index contributed by atoms with van der Waals surface area (Å²) in [6.07, 6.45) is 6.51. The van der Waals surface area contributed by atoms with Crippen LogP contribution in [0, 0.1) is 5.92 Å². The molecule has 0 radical (unpaired) electrons. The molecule has 0 aromatic carbocycles. The van der Waals surface area contributed by atoms with Gasteiger partial charge in [-0.15, -0.1) is 11.3 Å². The molecule has 2 aromatic rings. The number of carbonyl (C=O) groups excluding carboxylic acids is 1. The second-order valence-corrected chi connectivity index (χ2v) is 7.21. The first-order chi connectivity index (χ1) is 11.3. The number of anilines is 1. The Labute approximate surface area is 140 Å². The van der Waals surface area contributed by atoms with E-state index in [1.54, 1.807) is 12.4 Å². The topological polar surface area (TPSA) is 49.3 Å². The van der Waals surface area contributed by atoms with Gasteiger partial charge in [-0.25, -0.2) is 9.97 Å². The van der Waals surface area contributed by atoms with Crippen LogP contribution in [0.15, 0.2) is 29.9 Å². The molecule has 0 aliphatic carbocycles. The monoisotopic (exact) mass is 328 g/mol. The Balaban J connectivity index is 1.44. The number of hydrogen-bond acceptors (Lipinski definition) is 5. The molecule has 1 atom stereocenters. The molecule has 0 N–H and O–H groups in total. The van der Waals surface area contributed by atoms with E-state index in [0.717, 1.165) is 51.4 Å². The van der Waals surface area contributed by atoms with Crippen molar-refractivity contribution in [3.05, 3.63) is 40.3 Å². The van der Waals surface area contributed by atoms with Crippen molar-refractivity contribution in [1.82, 2.24) is 14.9 Å². The van der Waals surface area contributed by atoms with Crippen LogP contribution in [0.25, 0.3) is 0 Å². The van der Waals surface area contributed by atoms with Crippen LogP contribution in [0.4, 0.5) is 5.95 Å². The maximum absolute atomic E-state index is 12.9. The van der Waals surface area contributed by atoms with E-state index in [9.17, 15) is 4.79 Å². The van der Waals surface area contributed by atoms with E-state index in [2.05, 4.69) is 26.3 Å². The summed E-state index contributed by atoms with van der Waals surface area (Å²) in [6, 6.07) is 3.98. The third-order valence-corrected chi connectivity index (χ3v) is 5.75. The molecule has 6 heteroatoms. The lowest BCUT2D eigenvalue weighted by Crippen LogP contribution is -2.46. The Morgan fingerprint density at radius 1 is 1.26 bits per heavy atom. The number of piperidine rings is 1. The third-order valence-electron chi connectivity index (χ3n) is 4.72. The van der Waals surface area contributed by atoms with Gasteiger partial charge in [-0.05, 0) is 42.3 Å². The molecule has 1 fully saturated rings. The lowest BCUT2D eigenvalue weighted by atomic mass is 9.95. The van der Waals surface area contributed by atoms with E-state index in [1.165, 1.54) is 10.4 Å². The highest BCUT2D eigenvalue weighted by Crippen LogP contribution is 2.27. The molecule has 4 rings (SSSR count). The number of fused-ring (bicyclic) bond motifs is 1. The van der Waals surface area contributed by atoms with Crippen LogP contribution in [-0.2, 0) is 17.8 Å². The molecule has 1 amide bonds. The highest BCUT2D eigenvalue weighted by molar-refractivity contribution is 7.10. The Hall–Kier alpha value is -1.95. The van der Waals surface area contributed by atoms with Crippen molar-refractivity contribution in [2.24, 2.45) is 5.92 Å². The molecule has 0 bridgehead atoms. The predicted molar refractivity (Wildman–Crippen MR) is 90.4 cm³/mol. The van der Waals surface area contributed by atoms with Crippen LogP contribution in [0.2, 0.25) is 0 Å². The lowest BCUT2D eigenvalue weighted by molar-refractivity contribution is -0.136. The van der Waals surface area contributed by atoms with Crippen molar-refractivity contribution in [3.8, 4) is 0 Å². The summed E-state index contributed by atoms with van der Waals surface area (Å²) in [5.74, 6) is 1.10. The highest BCUT2D eigenvalue weighted by Gasteiger charge is 2.31. The number of amides is 1.